The summed E-state index contributed by atoms with van der Waals surface area (Å²) in [5.41, 5.74) is 0. The zero-order valence-corrected chi connectivity index (χ0v) is 7.55. The van der Waals surface area contributed by atoms with E-state index >= 15 is 0 Å². The SMILES string of the molecule is [C-]#[N+][C@H](SSC)C(C)C. The van der Waals surface area contributed by atoms with Crippen LogP contribution in [0.5, 0.6) is 0 Å². The van der Waals surface area contributed by atoms with Gasteiger partial charge in [0.25, 0.3) is 5.37 Å². The van der Waals surface area contributed by atoms with Gasteiger partial charge in [0.05, 0.1) is 0 Å². The largest absolute Gasteiger partial charge is 0.301 e. The van der Waals surface area contributed by atoms with Crippen molar-refractivity contribution in [3.05, 3.63) is 11.4 Å². The standard InChI is InChI=1S/C6H11NS2/c1-5(2)6(7-3)9-8-4/h5-6H,1-2,4H3/t6-/m1/s1. The van der Waals surface area contributed by atoms with Crippen molar-refractivity contribution in [2.45, 2.75) is 19.2 Å². The van der Waals surface area contributed by atoms with Crippen molar-refractivity contribution in [3.63, 3.8) is 0 Å². The van der Waals surface area contributed by atoms with Crippen LogP contribution >= 0.6 is 21.6 Å². The average molecular weight is 161 g/mol. The van der Waals surface area contributed by atoms with E-state index in [-0.39, 0.29) is 5.37 Å². The van der Waals surface area contributed by atoms with Crippen molar-refractivity contribution in [3.8, 4) is 0 Å². The molecular weight excluding hydrogens is 150 g/mol. The summed E-state index contributed by atoms with van der Waals surface area (Å²) in [5, 5.41) is 0.139. The lowest BCUT2D eigenvalue weighted by Crippen LogP contribution is -2.03. The van der Waals surface area contributed by atoms with Gasteiger partial charge in [-0.2, -0.15) is 0 Å². The van der Waals surface area contributed by atoms with Gasteiger partial charge in [-0.3, -0.25) is 0 Å². The molecule has 0 aromatic carbocycles. The Labute approximate surface area is 64.8 Å². The van der Waals surface area contributed by atoms with Gasteiger partial charge in [-0.05, 0) is 17.0 Å². The van der Waals surface area contributed by atoms with E-state index in [1.165, 1.54) is 0 Å². The summed E-state index contributed by atoms with van der Waals surface area (Å²) in [4.78, 5) is 3.47. The summed E-state index contributed by atoms with van der Waals surface area (Å²) < 4.78 is 0. The van der Waals surface area contributed by atoms with Crippen LogP contribution in [-0.2, 0) is 0 Å². The molecule has 0 fully saturated rings. The van der Waals surface area contributed by atoms with Gasteiger partial charge in [-0.1, -0.05) is 24.6 Å². The molecule has 3 heteroatoms. The first kappa shape index (κ1) is 9.19. The van der Waals surface area contributed by atoms with E-state index in [9.17, 15) is 0 Å². The predicted molar refractivity (Wildman–Crippen MR) is 46.3 cm³/mol. The number of hydrogen-bond acceptors (Lipinski definition) is 2. The van der Waals surface area contributed by atoms with E-state index < -0.39 is 0 Å². The quantitative estimate of drug-likeness (QED) is 0.463. The first-order valence-corrected chi connectivity index (χ1v) is 5.40. The topological polar surface area (TPSA) is 4.36 Å². The van der Waals surface area contributed by atoms with Crippen molar-refractivity contribution >= 4 is 21.6 Å². The summed E-state index contributed by atoms with van der Waals surface area (Å²) in [6, 6.07) is 0. The monoisotopic (exact) mass is 161 g/mol. The maximum atomic E-state index is 6.78. The fraction of sp³-hybridized carbons (Fsp3) is 0.833. The van der Waals surface area contributed by atoms with Crippen LogP contribution in [0.3, 0.4) is 0 Å². The molecule has 0 aliphatic rings. The van der Waals surface area contributed by atoms with Gasteiger partial charge < -0.3 is 4.85 Å². The highest BCUT2D eigenvalue weighted by molar-refractivity contribution is 8.76. The molecule has 0 saturated heterocycles. The molecule has 0 aliphatic heterocycles. The molecule has 0 aliphatic carbocycles. The van der Waals surface area contributed by atoms with Crippen molar-refractivity contribution in [2.75, 3.05) is 6.26 Å². The smallest absolute Gasteiger partial charge is 0.280 e. The molecule has 0 spiro atoms. The second-order valence-electron chi connectivity index (χ2n) is 2.03. The van der Waals surface area contributed by atoms with E-state index in [1.807, 2.05) is 6.26 Å². The molecule has 9 heavy (non-hydrogen) atoms. The average Bonchev–Trinajstić information content (AvgIpc) is 1.82. The summed E-state index contributed by atoms with van der Waals surface area (Å²) in [7, 11) is 3.31. The third-order valence-electron chi connectivity index (χ3n) is 0.892. The fourth-order valence-corrected chi connectivity index (χ4v) is 2.23. The van der Waals surface area contributed by atoms with Crippen LogP contribution in [0, 0.1) is 12.5 Å². The van der Waals surface area contributed by atoms with Crippen molar-refractivity contribution < 1.29 is 0 Å². The lowest BCUT2D eigenvalue weighted by atomic mass is 10.2. The first-order chi connectivity index (χ1) is 4.22. The summed E-state index contributed by atoms with van der Waals surface area (Å²) >= 11 is 0. The highest BCUT2D eigenvalue weighted by atomic mass is 33.1. The molecule has 0 N–H and O–H groups in total. The fourth-order valence-electron chi connectivity index (χ4n) is 0.380. The lowest BCUT2D eigenvalue weighted by molar-refractivity contribution is 0.678. The van der Waals surface area contributed by atoms with Gasteiger partial charge in [0.15, 0.2) is 0 Å². The minimum atomic E-state index is 0.139. The van der Waals surface area contributed by atoms with E-state index in [1.54, 1.807) is 21.6 Å². The molecule has 52 valence electrons. The number of nitrogens with zero attached hydrogens (tertiary/aromatic N) is 1. The van der Waals surface area contributed by atoms with Crippen molar-refractivity contribution in [1.29, 1.82) is 0 Å². The molecule has 0 amide bonds. The van der Waals surface area contributed by atoms with Crippen LogP contribution in [0.2, 0.25) is 0 Å². The summed E-state index contributed by atoms with van der Waals surface area (Å²) in [6.45, 7) is 10.9. The van der Waals surface area contributed by atoms with Crippen LogP contribution < -0.4 is 0 Å². The van der Waals surface area contributed by atoms with Crippen LogP contribution in [0.15, 0.2) is 0 Å². The third kappa shape index (κ3) is 3.72. The molecule has 0 bridgehead atoms. The Balaban J connectivity index is 3.58. The molecular formula is C6H11NS2. The Morgan fingerprint density at radius 3 is 2.11 bits per heavy atom. The van der Waals surface area contributed by atoms with E-state index in [4.69, 9.17) is 6.57 Å². The van der Waals surface area contributed by atoms with E-state index in [0.29, 0.717) is 5.92 Å². The summed E-state index contributed by atoms with van der Waals surface area (Å²) in [6.07, 6.45) is 2.01. The Morgan fingerprint density at radius 1 is 1.44 bits per heavy atom. The van der Waals surface area contributed by atoms with Gasteiger partial charge in [0, 0.05) is 5.92 Å². The van der Waals surface area contributed by atoms with E-state index in [2.05, 4.69) is 18.7 Å². The maximum Gasteiger partial charge on any atom is 0.280 e. The molecule has 0 aromatic rings. The first-order valence-electron chi connectivity index (χ1n) is 2.78. The van der Waals surface area contributed by atoms with Crippen LogP contribution in [0.25, 0.3) is 4.85 Å². The second kappa shape index (κ2) is 5.01. The molecule has 1 atom stereocenters. The Hall–Kier alpha value is 0.190. The zero-order valence-electron chi connectivity index (χ0n) is 5.92. The molecule has 0 saturated carbocycles. The molecule has 1 nitrogen and oxygen atoms in total. The van der Waals surface area contributed by atoms with Crippen molar-refractivity contribution in [1.82, 2.24) is 0 Å². The van der Waals surface area contributed by atoms with Crippen LogP contribution in [0.4, 0.5) is 0 Å². The Bertz CT molecular complexity index is 106. The van der Waals surface area contributed by atoms with Gasteiger partial charge in [-0.15, -0.1) is 0 Å². The summed E-state index contributed by atoms with van der Waals surface area (Å²) in [5.74, 6) is 0.472. The minimum Gasteiger partial charge on any atom is -0.301 e. The van der Waals surface area contributed by atoms with Crippen molar-refractivity contribution in [2.24, 2.45) is 5.92 Å². The Morgan fingerprint density at radius 2 is 2.00 bits per heavy atom. The van der Waals surface area contributed by atoms with Gasteiger partial charge in [0.1, 0.15) is 0 Å². The highest BCUT2D eigenvalue weighted by Gasteiger charge is 2.16. The predicted octanol–water partition coefficient (Wildman–Crippen LogP) is 2.90. The third-order valence-corrected chi connectivity index (χ3v) is 3.10. The number of rotatable bonds is 3. The van der Waals surface area contributed by atoms with Gasteiger partial charge >= 0.3 is 0 Å². The van der Waals surface area contributed by atoms with Crippen LogP contribution in [0.1, 0.15) is 13.8 Å². The van der Waals surface area contributed by atoms with Crippen LogP contribution in [-0.4, -0.2) is 11.6 Å². The van der Waals surface area contributed by atoms with Gasteiger partial charge in [-0.25, -0.2) is 6.57 Å². The Kier molecular flexibility index (Phi) is 5.12. The molecule has 0 rings (SSSR count). The molecule has 0 radical (unpaired) electrons. The maximum absolute atomic E-state index is 6.78. The number of hydrogen-bond donors (Lipinski definition) is 0. The highest BCUT2D eigenvalue weighted by Crippen LogP contribution is 2.29. The second-order valence-corrected chi connectivity index (χ2v) is 4.61. The molecule has 0 aromatic heterocycles. The minimum absolute atomic E-state index is 0.139. The van der Waals surface area contributed by atoms with Gasteiger partial charge in [0.2, 0.25) is 0 Å². The molecule has 0 unspecified atom stereocenters. The molecule has 0 heterocycles. The normalized spacial score (nSPS) is 13.2. The van der Waals surface area contributed by atoms with E-state index in [0.717, 1.165) is 0 Å². The lowest BCUT2D eigenvalue weighted by Gasteiger charge is -2.04. The zero-order chi connectivity index (χ0) is 7.28.